The van der Waals surface area contributed by atoms with Gasteiger partial charge in [0.05, 0.1) is 18.1 Å². The molecule has 0 aliphatic heterocycles. The molecule has 1 aromatic carbocycles. The number of esters is 1. The van der Waals surface area contributed by atoms with E-state index in [1.54, 1.807) is 6.92 Å². The van der Waals surface area contributed by atoms with Crippen LogP contribution in [0.25, 0.3) is 11.0 Å². The molecule has 1 atom stereocenters. The van der Waals surface area contributed by atoms with Crippen LogP contribution in [0.15, 0.2) is 21.3 Å². The summed E-state index contributed by atoms with van der Waals surface area (Å²) in [7, 11) is 1.16. The number of fused-ring (bicyclic) bond motifs is 1. The van der Waals surface area contributed by atoms with Gasteiger partial charge >= 0.3 is 11.6 Å². The Morgan fingerprint density at radius 2 is 2.05 bits per heavy atom. The van der Waals surface area contributed by atoms with Gasteiger partial charge < -0.3 is 19.4 Å². The molecule has 6 nitrogen and oxygen atoms in total. The number of ether oxygens (including phenoxy) is 1. The normalized spacial score (nSPS) is 12.3. The molecule has 0 saturated carbocycles. The number of benzene rings is 1. The third-order valence-corrected chi connectivity index (χ3v) is 3.55. The molecular weight excluding hydrogens is 276 g/mol. The average Bonchev–Trinajstić information content (AvgIpc) is 2.46. The molecule has 0 bridgehead atoms. The van der Waals surface area contributed by atoms with Crippen molar-refractivity contribution >= 4 is 16.9 Å². The standard InChI is InChI=1S/C15H16O6/c1-4-7(2)10-13(17)12-9(21-15(10)19)6-5-8(16)11(12)14(18)20-3/h5-7,16-17H,4H2,1-3H3. The molecular formula is C15H16O6. The van der Waals surface area contributed by atoms with Crippen LogP contribution in [0.1, 0.15) is 42.1 Å². The first-order valence-corrected chi connectivity index (χ1v) is 6.52. The Kier molecular flexibility index (Phi) is 3.88. The third-order valence-electron chi connectivity index (χ3n) is 3.55. The molecule has 6 heteroatoms. The van der Waals surface area contributed by atoms with E-state index in [1.165, 1.54) is 12.1 Å². The van der Waals surface area contributed by atoms with Crippen molar-refractivity contribution in [2.75, 3.05) is 7.11 Å². The van der Waals surface area contributed by atoms with Crippen LogP contribution >= 0.6 is 0 Å². The molecule has 0 saturated heterocycles. The second kappa shape index (κ2) is 5.47. The summed E-state index contributed by atoms with van der Waals surface area (Å²) in [6.07, 6.45) is 0.607. The van der Waals surface area contributed by atoms with Gasteiger partial charge in [-0.15, -0.1) is 0 Å². The number of phenols is 1. The van der Waals surface area contributed by atoms with Crippen LogP contribution in [0.4, 0.5) is 0 Å². The first-order chi connectivity index (χ1) is 9.92. The van der Waals surface area contributed by atoms with Crippen LogP contribution in [0.2, 0.25) is 0 Å². The van der Waals surface area contributed by atoms with Crippen molar-refractivity contribution in [3.05, 3.63) is 33.7 Å². The minimum atomic E-state index is -0.822. The van der Waals surface area contributed by atoms with Crippen LogP contribution in [-0.4, -0.2) is 23.3 Å². The average molecular weight is 292 g/mol. The number of hydrogen-bond donors (Lipinski definition) is 2. The molecule has 0 fully saturated rings. The van der Waals surface area contributed by atoms with Crippen molar-refractivity contribution in [3.63, 3.8) is 0 Å². The topological polar surface area (TPSA) is 97.0 Å². The Morgan fingerprint density at radius 3 is 2.62 bits per heavy atom. The Morgan fingerprint density at radius 1 is 1.38 bits per heavy atom. The molecule has 0 amide bonds. The van der Waals surface area contributed by atoms with Gasteiger partial charge in [-0.2, -0.15) is 0 Å². The number of methoxy groups -OCH3 is 1. The predicted molar refractivity (Wildman–Crippen MR) is 75.9 cm³/mol. The summed E-state index contributed by atoms with van der Waals surface area (Å²) in [5, 5.41) is 20.2. The summed E-state index contributed by atoms with van der Waals surface area (Å²) < 4.78 is 9.76. The lowest BCUT2D eigenvalue weighted by molar-refractivity contribution is 0.0599. The van der Waals surface area contributed by atoms with Crippen LogP contribution in [0, 0.1) is 0 Å². The molecule has 0 spiro atoms. The number of carbonyl (C=O) groups is 1. The molecule has 21 heavy (non-hydrogen) atoms. The van der Waals surface area contributed by atoms with Crippen LogP contribution in [0.3, 0.4) is 0 Å². The second-order valence-corrected chi connectivity index (χ2v) is 4.79. The van der Waals surface area contributed by atoms with Gasteiger partial charge in [-0.05, 0) is 24.5 Å². The van der Waals surface area contributed by atoms with Crippen molar-refractivity contribution < 1.29 is 24.2 Å². The van der Waals surface area contributed by atoms with Gasteiger partial charge in [0.25, 0.3) is 0 Å². The summed E-state index contributed by atoms with van der Waals surface area (Å²) in [5.41, 5.74) is -0.778. The van der Waals surface area contributed by atoms with E-state index in [9.17, 15) is 19.8 Å². The van der Waals surface area contributed by atoms with E-state index in [0.29, 0.717) is 6.42 Å². The number of rotatable bonds is 3. The molecule has 2 N–H and O–H groups in total. The molecule has 2 rings (SSSR count). The van der Waals surface area contributed by atoms with Crippen LogP contribution < -0.4 is 5.63 Å². The summed E-state index contributed by atoms with van der Waals surface area (Å²) in [4.78, 5) is 23.8. The van der Waals surface area contributed by atoms with E-state index < -0.39 is 11.6 Å². The number of carbonyl (C=O) groups excluding carboxylic acids is 1. The summed E-state index contributed by atoms with van der Waals surface area (Å²) in [5.74, 6) is -1.78. The van der Waals surface area contributed by atoms with Crippen molar-refractivity contribution in [3.8, 4) is 11.5 Å². The second-order valence-electron chi connectivity index (χ2n) is 4.79. The van der Waals surface area contributed by atoms with Gasteiger partial charge in [0.2, 0.25) is 0 Å². The van der Waals surface area contributed by atoms with Gasteiger partial charge in [-0.1, -0.05) is 13.8 Å². The quantitative estimate of drug-likeness (QED) is 0.666. The first kappa shape index (κ1) is 14.9. The smallest absolute Gasteiger partial charge is 0.343 e. The van der Waals surface area contributed by atoms with Crippen molar-refractivity contribution in [2.24, 2.45) is 0 Å². The maximum Gasteiger partial charge on any atom is 0.343 e. The first-order valence-electron chi connectivity index (χ1n) is 6.52. The van der Waals surface area contributed by atoms with E-state index >= 15 is 0 Å². The summed E-state index contributed by atoms with van der Waals surface area (Å²) in [6, 6.07) is 2.53. The van der Waals surface area contributed by atoms with E-state index in [1.807, 2.05) is 6.92 Å². The van der Waals surface area contributed by atoms with Crippen molar-refractivity contribution in [2.45, 2.75) is 26.2 Å². The van der Waals surface area contributed by atoms with Gasteiger partial charge in [-0.3, -0.25) is 0 Å². The van der Waals surface area contributed by atoms with Gasteiger partial charge in [0.15, 0.2) is 0 Å². The molecule has 0 aliphatic rings. The number of aromatic hydroxyl groups is 2. The SMILES string of the molecule is CCC(C)c1c(O)c2c(C(=O)OC)c(O)ccc2oc1=O. The Balaban J connectivity index is 2.95. The largest absolute Gasteiger partial charge is 0.507 e. The van der Waals surface area contributed by atoms with Crippen molar-refractivity contribution in [1.29, 1.82) is 0 Å². The molecule has 1 aromatic heterocycles. The van der Waals surface area contributed by atoms with Crippen molar-refractivity contribution in [1.82, 2.24) is 0 Å². The lowest BCUT2D eigenvalue weighted by Gasteiger charge is -2.13. The number of hydrogen-bond acceptors (Lipinski definition) is 6. The summed E-state index contributed by atoms with van der Waals surface area (Å²) >= 11 is 0. The third kappa shape index (κ3) is 2.33. The van der Waals surface area contributed by atoms with Gasteiger partial charge in [-0.25, -0.2) is 9.59 Å². The zero-order valence-electron chi connectivity index (χ0n) is 12.0. The maximum atomic E-state index is 12.0. The van der Waals surface area contributed by atoms with Gasteiger partial charge in [0.1, 0.15) is 22.6 Å². The zero-order chi connectivity index (χ0) is 15.7. The van der Waals surface area contributed by atoms with E-state index in [2.05, 4.69) is 4.74 Å². The fourth-order valence-corrected chi connectivity index (χ4v) is 2.23. The fourth-order valence-electron chi connectivity index (χ4n) is 2.23. The molecule has 1 unspecified atom stereocenters. The Bertz CT molecular complexity index is 759. The molecule has 2 aromatic rings. The van der Waals surface area contributed by atoms with E-state index in [-0.39, 0.29) is 39.5 Å². The highest BCUT2D eigenvalue weighted by molar-refractivity contribution is 6.08. The Hall–Kier alpha value is -2.50. The molecule has 1 heterocycles. The molecule has 0 radical (unpaired) electrons. The van der Waals surface area contributed by atoms with E-state index in [4.69, 9.17) is 4.42 Å². The predicted octanol–water partition coefficient (Wildman–Crippen LogP) is 2.50. The minimum absolute atomic E-state index is 0.0164. The lowest BCUT2D eigenvalue weighted by atomic mass is 9.96. The maximum absolute atomic E-state index is 12.0. The highest BCUT2D eigenvalue weighted by Crippen LogP contribution is 2.37. The molecule has 112 valence electrons. The Labute approximate surface area is 120 Å². The molecule has 0 aliphatic carbocycles. The highest BCUT2D eigenvalue weighted by atomic mass is 16.5. The van der Waals surface area contributed by atoms with Gasteiger partial charge in [0, 0.05) is 0 Å². The zero-order valence-corrected chi connectivity index (χ0v) is 12.0. The highest BCUT2D eigenvalue weighted by Gasteiger charge is 2.25. The van der Waals surface area contributed by atoms with E-state index in [0.717, 1.165) is 7.11 Å². The monoisotopic (exact) mass is 292 g/mol. The minimum Gasteiger partial charge on any atom is -0.507 e. The summed E-state index contributed by atoms with van der Waals surface area (Å²) in [6.45, 7) is 3.62. The number of phenolic OH excluding ortho intramolecular Hbond substituents is 1. The van der Waals surface area contributed by atoms with Crippen LogP contribution in [0.5, 0.6) is 11.5 Å². The lowest BCUT2D eigenvalue weighted by Crippen LogP contribution is -2.12. The van der Waals surface area contributed by atoms with Crippen LogP contribution in [-0.2, 0) is 4.74 Å². The fraction of sp³-hybridized carbons (Fsp3) is 0.333.